The number of hydrogen-bond acceptors (Lipinski definition) is 8. The number of amides is 1. The van der Waals surface area contributed by atoms with E-state index in [4.69, 9.17) is 19.4 Å². The van der Waals surface area contributed by atoms with Crippen molar-refractivity contribution in [3.63, 3.8) is 0 Å². The van der Waals surface area contributed by atoms with Crippen LogP contribution in [-0.2, 0) is 17.1 Å². The maximum Gasteiger partial charge on any atom is 0.251 e. The molecule has 1 aliphatic carbocycles. The first-order valence-electron chi connectivity index (χ1n) is 13.1. The molecule has 2 heterocycles. The molecule has 0 bridgehead atoms. The summed E-state index contributed by atoms with van der Waals surface area (Å²) in [6.45, 7) is 4.82. The first-order chi connectivity index (χ1) is 18.6. The van der Waals surface area contributed by atoms with E-state index in [1.807, 2.05) is 42.5 Å². The van der Waals surface area contributed by atoms with E-state index in [0.29, 0.717) is 18.1 Å². The first-order valence-corrected chi connectivity index (χ1v) is 14.1. The fourth-order valence-corrected chi connectivity index (χ4v) is 5.28. The van der Waals surface area contributed by atoms with Gasteiger partial charge in [-0.05, 0) is 60.7 Å². The van der Waals surface area contributed by atoms with E-state index in [-0.39, 0.29) is 5.91 Å². The fraction of sp³-hybridized carbons (Fsp3) is 0.414. The fourth-order valence-electron chi connectivity index (χ4n) is 4.46. The second-order valence-electron chi connectivity index (χ2n) is 9.74. The molecule has 8 nitrogen and oxygen atoms in total. The van der Waals surface area contributed by atoms with Gasteiger partial charge in [0.15, 0.2) is 5.16 Å². The second-order valence-corrected chi connectivity index (χ2v) is 10.7. The van der Waals surface area contributed by atoms with Crippen molar-refractivity contribution in [1.82, 2.24) is 15.3 Å². The van der Waals surface area contributed by atoms with Crippen molar-refractivity contribution in [2.45, 2.75) is 30.4 Å². The van der Waals surface area contributed by atoms with E-state index in [1.54, 1.807) is 26.0 Å². The van der Waals surface area contributed by atoms with Crippen molar-refractivity contribution in [3.8, 4) is 5.75 Å². The summed E-state index contributed by atoms with van der Waals surface area (Å²) in [5.41, 5.74) is 3.91. The first kappa shape index (κ1) is 26.3. The van der Waals surface area contributed by atoms with E-state index in [2.05, 4.69) is 27.2 Å². The molecule has 1 aromatic heterocycles. The Morgan fingerprint density at radius 2 is 1.68 bits per heavy atom. The Morgan fingerprint density at radius 3 is 2.34 bits per heavy atom. The number of nitrogens with one attached hydrogen (secondary N) is 1. The lowest BCUT2D eigenvalue weighted by molar-refractivity contribution is 0.0952. The monoisotopic (exact) mass is 533 g/mol. The average molecular weight is 534 g/mol. The Hall–Kier alpha value is -3.30. The lowest BCUT2D eigenvalue weighted by Crippen LogP contribution is -2.46. The predicted molar refractivity (Wildman–Crippen MR) is 151 cm³/mol. The maximum atomic E-state index is 12.3. The molecule has 1 N–H and O–H groups in total. The minimum Gasteiger partial charge on any atom is -0.497 e. The number of thioether (sulfide) groups is 1. The molecule has 2 aliphatic rings. The second kappa shape index (κ2) is 12.5. The van der Waals surface area contributed by atoms with Gasteiger partial charge in [-0.1, -0.05) is 23.9 Å². The van der Waals surface area contributed by atoms with Crippen molar-refractivity contribution in [2.75, 3.05) is 56.7 Å². The van der Waals surface area contributed by atoms with Crippen LogP contribution in [0.4, 0.5) is 11.5 Å². The molecule has 0 radical (unpaired) electrons. The molecule has 9 heteroatoms. The molecule has 1 amide bonds. The summed E-state index contributed by atoms with van der Waals surface area (Å²) in [6.07, 6.45) is 2.46. The standard InChI is InChI=1S/C29H35N5O3S/c1-36-19-24-17-27(34-15-13-33(14-16-34)25-9-11-26(37-2)12-10-25)32-29(31-24)38-20-22-5-7-23(8-6-22)28(35)30-18-21-3-4-21/h5-12,17,21H,3-4,13-16,18-20H2,1-2H3,(H,30,35). The quantitative estimate of drug-likeness (QED) is 0.287. The highest BCUT2D eigenvalue weighted by Crippen LogP contribution is 2.28. The minimum atomic E-state index is 0.00318. The van der Waals surface area contributed by atoms with Crippen LogP contribution in [0, 0.1) is 5.92 Å². The lowest BCUT2D eigenvalue weighted by atomic mass is 10.1. The number of carbonyl (C=O) groups excluding carboxylic acids is 1. The van der Waals surface area contributed by atoms with E-state index in [1.165, 1.54) is 18.5 Å². The van der Waals surface area contributed by atoms with Crippen molar-refractivity contribution in [2.24, 2.45) is 5.92 Å². The van der Waals surface area contributed by atoms with Gasteiger partial charge >= 0.3 is 0 Å². The number of carbonyl (C=O) groups is 1. The summed E-state index contributed by atoms with van der Waals surface area (Å²) in [5.74, 6) is 3.21. The Kier molecular flexibility index (Phi) is 8.65. The number of aromatic nitrogens is 2. The highest BCUT2D eigenvalue weighted by atomic mass is 32.2. The molecular formula is C29H35N5O3S. The summed E-state index contributed by atoms with van der Waals surface area (Å²) in [4.78, 5) is 26.6. The number of hydrogen-bond donors (Lipinski definition) is 1. The molecule has 38 heavy (non-hydrogen) atoms. The van der Waals surface area contributed by atoms with Crippen LogP contribution >= 0.6 is 11.8 Å². The van der Waals surface area contributed by atoms with Crippen LogP contribution in [-0.4, -0.2) is 62.8 Å². The smallest absolute Gasteiger partial charge is 0.251 e. The van der Waals surface area contributed by atoms with E-state index >= 15 is 0 Å². The van der Waals surface area contributed by atoms with Crippen LogP contribution in [0.3, 0.4) is 0 Å². The van der Waals surface area contributed by atoms with Crippen molar-refractivity contribution >= 4 is 29.2 Å². The number of anilines is 2. The Balaban J connectivity index is 1.19. The van der Waals surface area contributed by atoms with Gasteiger partial charge in [-0.15, -0.1) is 0 Å². The van der Waals surface area contributed by atoms with Crippen LogP contribution in [0.15, 0.2) is 59.8 Å². The summed E-state index contributed by atoms with van der Waals surface area (Å²) < 4.78 is 10.7. The molecule has 0 atom stereocenters. The van der Waals surface area contributed by atoms with E-state index < -0.39 is 0 Å². The molecule has 2 fully saturated rings. The topological polar surface area (TPSA) is 79.8 Å². The minimum absolute atomic E-state index is 0.00318. The zero-order valence-electron chi connectivity index (χ0n) is 22.1. The summed E-state index contributed by atoms with van der Waals surface area (Å²) >= 11 is 1.60. The van der Waals surface area contributed by atoms with Gasteiger partial charge in [0.05, 0.1) is 19.4 Å². The highest BCUT2D eigenvalue weighted by Gasteiger charge is 2.22. The molecule has 1 aliphatic heterocycles. The number of ether oxygens (including phenoxy) is 2. The Labute approximate surface area is 228 Å². The van der Waals surface area contributed by atoms with Gasteiger partial charge in [-0.25, -0.2) is 9.97 Å². The zero-order valence-corrected chi connectivity index (χ0v) is 22.9. The number of nitrogens with zero attached hydrogens (tertiary/aromatic N) is 4. The molecular weight excluding hydrogens is 498 g/mol. The van der Waals surface area contributed by atoms with Gasteiger partial charge < -0.3 is 24.6 Å². The molecule has 200 valence electrons. The normalized spacial score (nSPS) is 15.4. The molecule has 0 unspecified atom stereocenters. The zero-order chi connectivity index (χ0) is 26.3. The Morgan fingerprint density at radius 1 is 0.974 bits per heavy atom. The van der Waals surface area contributed by atoms with Crippen LogP contribution in [0.1, 0.15) is 34.5 Å². The van der Waals surface area contributed by atoms with Gasteiger partial charge in [0.1, 0.15) is 11.6 Å². The van der Waals surface area contributed by atoms with Crippen molar-refractivity contribution < 1.29 is 14.3 Å². The molecule has 3 aromatic rings. The average Bonchev–Trinajstić information content (AvgIpc) is 3.80. The third-order valence-electron chi connectivity index (χ3n) is 6.91. The van der Waals surface area contributed by atoms with Gasteiger partial charge in [-0.3, -0.25) is 4.79 Å². The molecule has 1 saturated carbocycles. The summed E-state index contributed by atoms with van der Waals surface area (Å²) in [7, 11) is 3.37. The number of methoxy groups -OCH3 is 2. The van der Waals surface area contributed by atoms with Gasteiger partial charge in [0.25, 0.3) is 5.91 Å². The van der Waals surface area contributed by atoms with Crippen molar-refractivity contribution in [1.29, 1.82) is 0 Å². The summed E-state index contributed by atoms with van der Waals surface area (Å²) in [5, 5.41) is 3.76. The van der Waals surface area contributed by atoms with Crippen molar-refractivity contribution in [3.05, 3.63) is 71.4 Å². The van der Waals surface area contributed by atoms with Crippen LogP contribution in [0.25, 0.3) is 0 Å². The molecule has 1 saturated heterocycles. The predicted octanol–water partition coefficient (Wildman–Crippen LogP) is 4.39. The number of piperazine rings is 1. The Bertz CT molecular complexity index is 1210. The maximum absolute atomic E-state index is 12.3. The van der Waals surface area contributed by atoms with Crippen LogP contribution < -0.4 is 19.9 Å². The third-order valence-corrected chi connectivity index (χ3v) is 7.83. The highest BCUT2D eigenvalue weighted by molar-refractivity contribution is 7.98. The van der Waals surface area contributed by atoms with Gasteiger partial charge in [0, 0.05) is 62.9 Å². The summed E-state index contributed by atoms with van der Waals surface area (Å²) in [6, 6.07) is 18.1. The van der Waals surface area contributed by atoms with E-state index in [0.717, 1.165) is 66.5 Å². The number of benzene rings is 2. The lowest BCUT2D eigenvalue weighted by Gasteiger charge is -2.37. The van der Waals surface area contributed by atoms with Gasteiger partial charge in [0.2, 0.25) is 0 Å². The number of rotatable bonds is 11. The van der Waals surface area contributed by atoms with Gasteiger partial charge in [-0.2, -0.15) is 0 Å². The SMILES string of the molecule is COCc1cc(N2CCN(c3ccc(OC)cc3)CC2)nc(SCc2ccc(C(=O)NCC3CC3)cc2)n1. The third kappa shape index (κ3) is 6.96. The molecule has 5 rings (SSSR count). The van der Waals surface area contributed by atoms with Crippen LogP contribution in [0.2, 0.25) is 0 Å². The molecule has 2 aromatic carbocycles. The van der Waals surface area contributed by atoms with E-state index in [9.17, 15) is 4.79 Å². The van der Waals surface area contributed by atoms with Crippen LogP contribution in [0.5, 0.6) is 5.75 Å². The molecule has 0 spiro atoms. The largest absolute Gasteiger partial charge is 0.497 e.